The van der Waals surface area contributed by atoms with E-state index in [1.165, 1.54) is 5.56 Å². The molecule has 18 heavy (non-hydrogen) atoms. The van der Waals surface area contributed by atoms with Crippen LogP contribution in [0.1, 0.15) is 24.9 Å². The minimum Gasteiger partial charge on any atom is -0.496 e. The van der Waals surface area contributed by atoms with E-state index in [1.807, 2.05) is 24.3 Å². The quantitative estimate of drug-likeness (QED) is 0.884. The van der Waals surface area contributed by atoms with Gasteiger partial charge in [0.05, 0.1) is 7.11 Å². The van der Waals surface area contributed by atoms with Gasteiger partial charge in [-0.3, -0.25) is 0 Å². The standard InChI is InChI=1S/C16H19NO/c1-3-15(17)13-8-6-7-12(11-13)14-9-4-5-10-16(14)18-2/h4-11,15H,3,17H2,1-2H3. The summed E-state index contributed by atoms with van der Waals surface area (Å²) >= 11 is 0. The van der Waals surface area contributed by atoms with Gasteiger partial charge in [-0.05, 0) is 29.7 Å². The van der Waals surface area contributed by atoms with Gasteiger partial charge in [-0.1, -0.05) is 43.3 Å². The molecule has 0 aromatic heterocycles. The molecule has 2 nitrogen and oxygen atoms in total. The van der Waals surface area contributed by atoms with Gasteiger partial charge in [0, 0.05) is 11.6 Å². The molecule has 2 heteroatoms. The molecule has 0 saturated heterocycles. The Hall–Kier alpha value is -1.80. The van der Waals surface area contributed by atoms with Crippen LogP contribution in [0.2, 0.25) is 0 Å². The van der Waals surface area contributed by atoms with E-state index in [1.54, 1.807) is 7.11 Å². The minimum atomic E-state index is 0.0969. The Balaban J connectivity index is 2.44. The molecule has 0 heterocycles. The van der Waals surface area contributed by atoms with Crippen molar-refractivity contribution in [2.75, 3.05) is 7.11 Å². The fourth-order valence-corrected chi connectivity index (χ4v) is 2.06. The smallest absolute Gasteiger partial charge is 0.126 e. The zero-order valence-corrected chi connectivity index (χ0v) is 10.9. The molecule has 0 aliphatic rings. The zero-order chi connectivity index (χ0) is 13.0. The first-order chi connectivity index (χ1) is 8.76. The van der Waals surface area contributed by atoms with Crippen LogP contribution in [0.25, 0.3) is 11.1 Å². The van der Waals surface area contributed by atoms with E-state index in [0.29, 0.717) is 0 Å². The van der Waals surface area contributed by atoms with Gasteiger partial charge in [0.25, 0.3) is 0 Å². The van der Waals surface area contributed by atoms with Crippen LogP contribution in [0.15, 0.2) is 48.5 Å². The molecule has 2 N–H and O–H groups in total. The molecule has 0 radical (unpaired) electrons. The number of hydrogen-bond acceptors (Lipinski definition) is 2. The van der Waals surface area contributed by atoms with Crippen molar-refractivity contribution >= 4 is 0 Å². The highest BCUT2D eigenvalue weighted by Gasteiger charge is 2.08. The van der Waals surface area contributed by atoms with Crippen molar-refractivity contribution < 1.29 is 4.74 Å². The van der Waals surface area contributed by atoms with Gasteiger partial charge in [-0.2, -0.15) is 0 Å². The topological polar surface area (TPSA) is 35.2 Å². The molecule has 0 aliphatic heterocycles. The van der Waals surface area contributed by atoms with Gasteiger partial charge in [-0.15, -0.1) is 0 Å². The van der Waals surface area contributed by atoms with Crippen LogP contribution in [-0.2, 0) is 0 Å². The van der Waals surface area contributed by atoms with Crippen molar-refractivity contribution in [1.29, 1.82) is 0 Å². The van der Waals surface area contributed by atoms with Gasteiger partial charge >= 0.3 is 0 Å². The van der Waals surface area contributed by atoms with Crippen LogP contribution >= 0.6 is 0 Å². The van der Waals surface area contributed by atoms with Crippen LogP contribution in [0.3, 0.4) is 0 Å². The predicted molar refractivity (Wildman–Crippen MR) is 75.6 cm³/mol. The molecule has 2 rings (SSSR count). The van der Waals surface area contributed by atoms with Gasteiger partial charge < -0.3 is 10.5 Å². The number of rotatable bonds is 4. The summed E-state index contributed by atoms with van der Waals surface area (Å²) in [5, 5.41) is 0. The van der Waals surface area contributed by atoms with Crippen LogP contribution in [0, 0.1) is 0 Å². The van der Waals surface area contributed by atoms with E-state index in [9.17, 15) is 0 Å². The van der Waals surface area contributed by atoms with Gasteiger partial charge in [0.15, 0.2) is 0 Å². The first-order valence-corrected chi connectivity index (χ1v) is 6.25. The summed E-state index contributed by atoms with van der Waals surface area (Å²) in [5.41, 5.74) is 9.50. The molecule has 1 atom stereocenters. The predicted octanol–water partition coefficient (Wildman–Crippen LogP) is 3.77. The molecule has 94 valence electrons. The highest BCUT2D eigenvalue weighted by atomic mass is 16.5. The molecule has 0 saturated carbocycles. The molecule has 0 aliphatic carbocycles. The van der Waals surface area contributed by atoms with E-state index < -0.39 is 0 Å². The summed E-state index contributed by atoms with van der Waals surface area (Å²) in [4.78, 5) is 0. The van der Waals surface area contributed by atoms with E-state index in [-0.39, 0.29) is 6.04 Å². The third-order valence-corrected chi connectivity index (χ3v) is 3.17. The summed E-state index contributed by atoms with van der Waals surface area (Å²) < 4.78 is 5.40. The monoisotopic (exact) mass is 241 g/mol. The fraction of sp³-hybridized carbons (Fsp3) is 0.250. The Morgan fingerprint density at radius 3 is 2.61 bits per heavy atom. The Kier molecular flexibility index (Phi) is 4.00. The number of para-hydroxylation sites is 1. The van der Waals surface area contributed by atoms with Crippen molar-refractivity contribution in [3.8, 4) is 16.9 Å². The molecule has 2 aromatic rings. The molecule has 2 aromatic carbocycles. The molecular formula is C16H19NO. The number of methoxy groups -OCH3 is 1. The molecule has 0 spiro atoms. The lowest BCUT2D eigenvalue weighted by molar-refractivity contribution is 0.416. The third kappa shape index (κ3) is 2.54. The van der Waals surface area contributed by atoms with Crippen molar-refractivity contribution in [1.82, 2.24) is 0 Å². The number of nitrogens with two attached hydrogens (primary N) is 1. The lowest BCUT2D eigenvalue weighted by Crippen LogP contribution is -2.08. The van der Waals surface area contributed by atoms with E-state index in [4.69, 9.17) is 10.5 Å². The normalized spacial score (nSPS) is 12.2. The number of ether oxygens (including phenoxy) is 1. The van der Waals surface area contributed by atoms with E-state index in [2.05, 4.69) is 31.2 Å². The van der Waals surface area contributed by atoms with Gasteiger partial charge in [0.2, 0.25) is 0 Å². The molecule has 0 bridgehead atoms. The first-order valence-electron chi connectivity index (χ1n) is 6.25. The highest BCUT2D eigenvalue weighted by Crippen LogP contribution is 2.31. The second-order valence-corrected chi connectivity index (χ2v) is 4.34. The lowest BCUT2D eigenvalue weighted by atomic mass is 9.98. The van der Waals surface area contributed by atoms with Gasteiger partial charge in [0.1, 0.15) is 5.75 Å². The van der Waals surface area contributed by atoms with Crippen molar-refractivity contribution in [2.45, 2.75) is 19.4 Å². The molecule has 0 amide bonds. The maximum absolute atomic E-state index is 6.08. The molecule has 0 fully saturated rings. The summed E-state index contributed by atoms with van der Waals surface area (Å²) in [6, 6.07) is 16.5. The van der Waals surface area contributed by atoms with Crippen LogP contribution in [0.4, 0.5) is 0 Å². The lowest BCUT2D eigenvalue weighted by Gasteiger charge is -2.13. The molecule has 1 unspecified atom stereocenters. The fourth-order valence-electron chi connectivity index (χ4n) is 2.06. The van der Waals surface area contributed by atoms with Crippen molar-refractivity contribution in [2.24, 2.45) is 5.73 Å². The summed E-state index contributed by atoms with van der Waals surface area (Å²) in [6.45, 7) is 2.10. The SMILES string of the molecule is CCC(N)c1cccc(-c2ccccc2OC)c1. The molecular weight excluding hydrogens is 222 g/mol. The average Bonchev–Trinajstić information content (AvgIpc) is 2.46. The largest absolute Gasteiger partial charge is 0.496 e. The Morgan fingerprint density at radius 1 is 1.11 bits per heavy atom. The van der Waals surface area contributed by atoms with E-state index >= 15 is 0 Å². The number of benzene rings is 2. The summed E-state index contributed by atoms with van der Waals surface area (Å²) in [5.74, 6) is 0.889. The first kappa shape index (κ1) is 12.7. The Bertz CT molecular complexity index is 522. The number of hydrogen-bond donors (Lipinski definition) is 1. The minimum absolute atomic E-state index is 0.0969. The maximum Gasteiger partial charge on any atom is 0.126 e. The highest BCUT2D eigenvalue weighted by molar-refractivity contribution is 5.70. The van der Waals surface area contributed by atoms with Crippen molar-refractivity contribution in [3.05, 3.63) is 54.1 Å². The summed E-state index contributed by atoms with van der Waals surface area (Å²) in [6.07, 6.45) is 0.940. The zero-order valence-electron chi connectivity index (χ0n) is 10.9. The van der Waals surface area contributed by atoms with Crippen LogP contribution in [0.5, 0.6) is 5.75 Å². The van der Waals surface area contributed by atoms with Crippen LogP contribution < -0.4 is 10.5 Å². The third-order valence-electron chi connectivity index (χ3n) is 3.17. The second kappa shape index (κ2) is 5.69. The Morgan fingerprint density at radius 2 is 1.89 bits per heavy atom. The van der Waals surface area contributed by atoms with Crippen molar-refractivity contribution in [3.63, 3.8) is 0 Å². The summed E-state index contributed by atoms with van der Waals surface area (Å²) in [7, 11) is 1.69. The Labute approximate surface area is 108 Å². The average molecular weight is 241 g/mol. The van der Waals surface area contributed by atoms with E-state index in [0.717, 1.165) is 23.3 Å². The maximum atomic E-state index is 6.08. The van der Waals surface area contributed by atoms with Gasteiger partial charge in [-0.25, -0.2) is 0 Å². The second-order valence-electron chi connectivity index (χ2n) is 4.34. The van der Waals surface area contributed by atoms with Crippen LogP contribution in [-0.4, -0.2) is 7.11 Å².